The molecule has 2 heterocycles. The number of nitrogens with zero attached hydrogens (tertiary/aromatic N) is 5. The molecule has 1 aliphatic heterocycles. The second-order valence-electron chi connectivity index (χ2n) is 10.2. The summed E-state index contributed by atoms with van der Waals surface area (Å²) in [5.74, 6) is 2.01. The highest BCUT2D eigenvalue weighted by atomic mass is 16.2. The standard InChI is InChI=1S/C28H45N5O/c1-6-7-8-12-15-27(34)32(17-16-23(2)3)22-26-24(4)29-33(25-13-10-9-11-14-25)28(26)31-20-18-30(5)19-21-31/h9-11,13-14,23H,6-8,12,15-22H2,1-5H3. The van der Waals surface area contributed by atoms with E-state index in [0.29, 0.717) is 18.9 Å². The number of hydrogen-bond donors (Lipinski definition) is 0. The van der Waals surface area contributed by atoms with E-state index in [1.807, 2.05) is 6.07 Å². The van der Waals surface area contributed by atoms with Crippen LogP contribution < -0.4 is 4.90 Å². The van der Waals surface area contributed by atoms with Gasteiger partial charge >= 0.3 is 0 Å². The lowest BCUT2D eigenvalue weighted by molar-refractivity contribution is -0.132. The molecule has 6 nitrogen and oxygen atoms in total. The van der Waals surface area contributed by atoms with Gasteiger partial charge < -0.3 is 14.7 Å². The fourth-order valence-electron chi connectivity index (χ4n) is 4.58. The number of likely N-dealkylation sites (N-methyl/N-ethyl adjacent to an activating group) is 1. The van der Waals surface area contributed by atoms with Crippen LogP contribution in [0.1, 0.15) is 70.6 Å². The zero-order chi connectivity index (χ0) is 24.5. The summed E-state index contributed by atoms with van der Waals surface area (Å²) >= 11 is 0. The number of anilines is 1. The van der Waals surface area contributed by atoms with Crippen LogP contribution in [0.4, 0.5) is 5.82 Å². The summed E-state index contributed by atoms with van der Waals surface area (Å²) in [6, 6.07) is 10.4. The molecule has 3 rings (SSSR count). The molecule has 2 aromatic rings. The van der Waals surface area contributed by atoms with Crippen molar-refractivity contribution in [3.63, 3.8) is 0 Å². The van der Waals surface area contributed by atoms with E-state index in [-0.39, 0.29) is 5.91 Å². The van der Waals surface area contributed by atoms with Crippen LogP contribution in [-0.4, -0.2) is 65.3 Å². The fourth-order valence-corrected chi connectivity index (χ4v) is 4.58. The highest BCUT2D eigenvalue weighted by molar-refractivity contribution is 5.76. The molecule has 0 N–H and O–H groups in total. The smallest absolute Gasteiger partial charge is 0.222 e. The minimum atomic E-state index is 0.285. The lowest BCUT2D eigenvalue weighted by Crippen LogP contribution is -2.45. The van der Waals surface area contributed by atoms with Gasteiger partial charge in [0.05, 0.1) is 17.9 Å². The normalized spacial score (nSPS) is 14.7. The van der Waals surface area contributed by atoms with E-state index in [1.54, 1.807) is 0 Å². The van der Waals surface area contributed by atoms with Crippen LogP contribution in [0.15, 0.2) is 30.3 Å². The molecule has 0 unspecified atom stereocenters. The van der Waals surface area contributed by atoms with Gasteiger partial charge in [0.1, 0.15) is 5.82 Å². The summed E-state index contributed by atoms with van der Waals surface area (Å²) in [6.45, 7) is 14.2. The lowest BCUT2D eigenvalue weighted by Gasteiger charge is -2.35. The first-order chi connectivity index (χ1) is 16.4. The maximum Gasteiger partial charge on any atom is 0.222 e. The fraction of sp³-hybridized carbons (Fsp3) is 0.643. The summed E-state index contributed by atoms with van der Waals surface area (Å²) in [6.07, 6.45) is 6.19. The number of benzene rings is 1. The van der Waals surface area contributed by atoms with Gasteiger partial charge in [-0.3, -0.25) is 4.79 Å². The Hall–Kier alpha value is -2.34. The Labute approximate surface area is 206 Å². The van der Waals surface area contributed by atoms with Crippen molar-refractivity contribution in [2.75, 3.05) is 44.7 Å². The number of amides is 1. The Morgan fingerprint density at radius 3 is 2.41 bits per heavy atom. The van der Waals surface area contributed by atoms with Gasteiger partial charge in [0, 0.05) is 44.7 Å². The van der Waals surface area contributed by atoms with Crippen molar-refractivity contribution in [3.8, 4) is 5.69 Å². The highest BCUT2D eigenvalue weighted by Gasteiger charge is 2.27. The number of rotatable bonds is 12. The Bertz CT molecular complexity index is 884. The lowest BCUT2D eigenvalue weighted by atomic mass is 10.1. The summed E-state index contributed by atoms with van der Waals surface area (Å²) in [4.78, 5) is 20.3. The van der Waals surface area contributed by atoms with E-state index in [0.717, 1.165) is 69.2 Å². The first-order valence-electron chi connectivity index (χ1n) is 13.3. The monoisotopic (exact) mass is 467 g/mol. The van der Waals surface area contributed by atoms with Crippen molar-refractivity contribution < 1.29 is 4.79 Å². The molecule has 1 fully saturated rings. The molecule has 0 bridgehead atoms. The van der Waals surface area contributed by atoms with Gasteiger partial charge in [-0.1, -0.05) is 58.2 Å². The maximum atomic E-state index is 13.3. The molecule has 1 aliphatic rings. The number of carbonyl (C=O) groups is 1. The van der Waals surface area contributed by atoms with Crippen LogP contribution in [0.25, 0.3) is 5.69 Å². The number of carbonyl (C=O) groups excluding carboxylic acids is 1. The van der Waals surface area contributed by atoms with Crippen molar-refractivity contribution in [3.05, 3.63) is 41.6 Å². The minimum absolute atomic E-state index is 0.285. The molecule has 0 aliphatic carbocycles. The molecule has 188 valence electrons. The van der Waals surface area contributed by atoms with Crippen LogP contribution in [-0.2, 0) is 11.3 Å². The van der Waals surface area contributed by atoms with Gasteiger partial charge in [-0.05, 0) is 44.9 Å². The number of piperazine rings is 1. The van der Waals surface area contributed by atoms with Crippen molar-refractivity contribution in [1.82, 2.24) is 19.6 Å². The summed E-state index contributed by atoms with van der Waals surface area (Å²) in [5, 5.41) is 4.99. The zero-order valence-corrected chi connectivity index (χ0v) is 22.1. The van der Waals surface area contributed by atoms with Crippen molar-refractivity contribution in [2.45, 2.75) is 72.8 Å². The molecule has 0 spiro atoms. The molecule has 1 aromatic carbocycles. The quantitative estimate of drug-likeness (QED) is 0.399. The van der Waals surface area contributed by atoms with E-state index in [4.69, 9.17) is 5.10 Å². The van der Waals surface area contributed by atoms with Crippen molar-refractivity contribution in [2.24, 2.45) is 5.92 Å². The van der Waals surface area contributed by atoms with Gasteiger partial charge in [0.2, 0.25) is 5.91 Å². The van der Waals surface area contributed by atoms with Crippen LogP contribution >= 0.6 is 0 Å². The topological polar surface area (TPSA) is 44.6 Å². The average molecular weight is 468 g/mol. The molecule has 0 atom stereocenters. The van der Waals surface area contributed by atoms with E-state index in [9.17, 15) is 4.79 Å². The molecule has 1 saturated heterocycles. The number of hydrogen-bond acceptors (Lipinski definition) is 4. The van der Waals surface area contributed by atoms with Gasteiger partial charge in [-0.2, -0.15) is 5.10 Å². The predicted molar refractivity (Wildman–Crippen MR) is 142 cm³/mol. The Morgan fingerprint density at radius 2 is 1.76 bits per heavy atom. The summed E-state index contributed by atoms with van der Waals surface area (Å²) in [5.41, 5.74) is 3.29. The third kappa shape index (κ3) is 7.08. The Kier molecular flexibility index (Phi) is 10.00. The van der Waals surface area contributed by atoms with Crippen LogP contribution in [0.2, 0.25) is 0 Å². The number of aromatic nitrogens is 2. The van der Waals surface area contributed by atoms with E-state index >= 15 is 0 Å². The molecule has 0 radical (unpaired) electrons. The highest BCUT2D eigenvalue weighted by Crippen LogP contribution is 2.30. The first kappa shape index (κ1) is 26.3. The van der Waals surface area contributed by atoms with Crippen LogP contribution in [0, 0.1) is 12.8 Å². The van der Waals surface area contributed by atoms with Gasteiger partial charge in [-0.15, -0.1) is 0 Å². The summed E-state index contributed by atoms with van der Waals surface area (Å²) in [7, 11) is 2.18. The molecular formula is C28H45N5O. The zero-order valence-electron chi connectivity index (χ0n) is 22.1. The molecule has 1 aromatic heterocycles. The molecule has 6 heteroatoms. The predicted octanol–water partition coefficient (Wildman–Crippen LogP) is 5.28. The van der Waals surface area contributed by atoms with Gasteiger partial charge in [-0.25, -0.2) is 4.68 Å². The maximum absolute atomic E-state index is 13.3. The molecular weight excluding hydrogens is 422 g/mol. The Balaban J connectivity index is 1.91. The van der Waals surface area contributed by atoms with Crippen molar-refractivity contribution >= 4 is 11.7 Å². The second kappa shape index (κ2) is 12.9. The third-order valence-electron chi connectivity index (χ3n) is 6.88. The van der Waals surface area contributed by atoms with Crippen LogP contribution in [0.3, 0.4) is 0 Å². The minimum Gasteiger partial charge on any atom is -0.354 e. The average Bonchev–Trinajstić information content (AvgIpc) is 3.16. The number of aryl methyl sites for hydroxylation is 1. The Morgan fingerprint density at radius 1 is 1.06 bits per heavy atom. The number of unbranched alkanes of at least 4 members (excludes halogenated alkanes) is 3. The third-order valence-corrected chi connectivity index (χ3v) is 6.88. The SMILES string of the molecule is CCCCCCC(=O)N(CCC(C)C)Cc1c(C)nn(-c2ccccc2)c1N1CCN(C)CC1. The second-order valence-corrected chi connectivity index (χ2v) is 10.2. The van der Waals surface area contributed by atoms with E-state index < -0.39 is 0 Å². The number of para-hydroxylation sites is 1. The van der Waals surface area contributed by atoms with Crippen molar-refractivity contribution in [1.29, 1.82) is 0 Å². The molecule has 1 amide bonds. The molecule has 0 saturated carbocycles. The summed E-state index contributed by atoms with van der Waals surface area (Å²) < 4.78 is 2.10. The van der Waals surface area contributed by atoms with Crippen LogP contribution in [0.5, 0.6) is 0 Å². The van der Waals surface area contributed by atoms with E-state index in [1.165, 1.54) is 18.4 Å². The van der Waals surface area contributed by atoms with Gasteiger partial charge in [0.15, 0.2) is 0 Å². The van der Waals surface area contributed by atoms with E-state index in [2.05, 4.69) is 78.4 Å². The molecule has 34 heavy (non-hydrogen) atoms. The largest absolute Gasteiger partial charge is 0.354 e. The van der Waals surface area contributed by atoms with Gasteiger partial charge in [0.25, 0.3) is 0 Å². The first-order valence-corrected chi connectivity index (χ1v) is 13.3.